The Kier molecular flexibility index (Phi) is 5.70. The van der Waals surface area contributed by atoms with Crippen LogP contribution < -0.4 is 16.4 Å². The lowest BCUT2D eigenvalue weighted by molar-refractivity contribution is -0.136. The summed E-state index contributed by atoms with van der Waals surface area (Å²) in [6.45, 7) is -0.174. The van der Waals surface area contributed by atoms with Crippen LogP contribution in [-0.2, 0) is 16.0 Å². The van der Waals surface area contributed by atoms with Gasteiger partial charge >= 0.3 is 5.97 Å². The van der Waals surface area contributed by atoms with Gasteiger partial charge in [0.25, 0.3) is 0 Å². The Balaban J connectivity index is 1.52. The highest BCUT2D eigenvalue weighted by atomic mass is 16.4. The van der Waals surface area contributed by atoms with Crippen molar-refractivity contribution < 1.29 is 19.8 Å². The maximum atomic E-state index is 12.6. The standard InChI is InChI=1S/C24H23N3O4/c25-21(11-14-5-8-16(28)9-6-14)24(31)27-15-7-10-18-17-3-1-2-4-19(17)23(20(18)12-15)26-13-22(29)30/h1-10,12,21,23,26,28H,11,13,25H2,(H,27,31)(H,29,30)/t21-,23?/m0/s1. The Labute approximate surface area is 179 Å². The smallest absolute Gasteiger partial charge is 0.317 e. The van der Waals surface area contributed by atoms with Crippen molar-refractivity contribution in [2.24, 2.45) is 5.73 Å². The van der Waals surface area contributed by atoms with E-state index in [9.17, 15) is 14.7 Å². The predicted octanol–water partition coefficient (Wildman–Crippen LogP) is 2.64. The number of aliphatic carboxylic acids is 1. The van der Waals surface area contributed by atoms with Crippen molar-refractivity contribution in [3.63, 3.8) is 0 Å². The Morgan fingerprint density at radius 2 is 1.68 bits per heavy atom. The lowest BCUT2D eigenvalue weighted by Crippen LogP contribution is -2.37. The Hall–Kier alpha value is -3.68. The van der Waals surface area contributed by atoms with Gasteiger partial charge in [-0.05, 0) is 58.5 Å². The van der Waals surface area contributed by atoms with Gasteiger partial charge in [0, 0.05) is 5.69 Å². The van der Waals surface area contributed by atoms with E-state index in [2.05, 4.69) is 10.6 Å². The van der Waals surface area contributed by atoms with E-state index >= 15 is 0 Å². The largest absolute Gasteiger partial charge is 0.508 e. The van der Waals surface area contributed by atoms with Crippen molar-refractivity contribution in [1.82, 2.24) is 5.32 Å². The third kappa shape index (κ3) is 4.42. The van der Waals surface area contributed by atoms with Gasteiger partial charge in [-0.1, -0.05) is 42.5 Å². The number of carboxylic acid groups (broad SMARTS) is 1. The first-order valence-electron chi connectivity index (χ1n) is 9.95. The van der Waals surface area contributed by atoms with Crippen molar-refractivity contribution in [1.29, 1.82) is 0 Å². The van der Waals surface area contributed by atoms with Crippen LogP contribution >= 0.6 is 0 Å². The lowest BCUT2D eigenvalue weighted by atomic mass is 10.0. The second kappa shape index (κ2) is 8.59. The van der Waals surface area contributed by atoms with Gasteiger partial charge in [-0.15, -0.1) is 0 Å². The fourth-order valence-corrected chi connectivity index (χ4v) is 3.91. The van der Waals surface area contributed by atoms with Gasteiger partial charge in [-0.3, -0.25) is 14.9 Å². The van der Waals surface area contributed by atoms with Gasteiger partial charge in [0.15, 0.2) is 0 Å². The molecule has 1 amide bonds. The number of fused-ring (bicyclic) bond motifs is 3. The minimum absolute atomic E-state index is 0.159. The second-order valence-electron chi connectivity index (χ2n) is 7.56. The van der Waals surface area contributed by atoms with Gasteiger partial charge in [0.1, 0.15) is 5.75 Å². The molecule has 0 saturated heterocycles. The molecule has 6 N–H and O–H groups in total. The lowest BCUT2D eigenvalue weighted by Gasteiger charge is -2.16. The molecule has 1 unspecified atom stereocenters. The molecule has 0 bridgehead atoms. The summed E-state index contributed by atoms with van der Waals surface area (Å²) in [6, 6.07) is 19.0. The normalized spacial score (nSPS) is 15.1. The molecule has 2 atom stereocenters. The molecule has 31 heavy (non-hydrogen) atoms. The summed E-state index contributed by atoms with van der Waals surface area (Å²) in [4.78, 5) is 23.7. The monoisotopic (exact) mass is 417 g/mol. The molecule has 0 saturated carbocycles. The van der Waals surface area contributed by atoms with E-state index in [0.717, 1.165) is 27.8 Å². The SMILES string of the molecule is N[C@@H](Cc1ccc(O)cc1)C(=O)Nc1ccc2c(c1)C(NCC(=O)O)c1ccccc1-2. The zero-order chi connectivity index (χ0) is 22.0. The number of amides is 1. The zero-order valence-electron chi connectivity index (χ0n) is 16.7. The van der Waals surface area contributed by atoms with Crippen LogP contribution in [-0.4, -0.2) is 34.7 Å². The highest BCUT2D eigenvalue weighted by Gasteiger charge is 2.29. The molecule has 7 nitrogen and oxygen atoms in total. The number of nitrogens with two attached hydrogens (primary N) is 1. The summed E-state index contributed by atoms with van der Waals surface area (Å²) < 4.78 is 0. The average Bonchev–Trinajstić information content (AvgIpc) is 3.06. The van der Waals surface area contributed by atoms with Crippen molar-refractivity contribution in [3.8, 4) is 16.9 Å². The molecule has 0 fully saturated rings. The van der Waals surface area contributed by atoms with Crippen LogP contribution in [0.1, 0.15) is 22.7 Å². The fraction of sp³-hybridized carbons (Fsp3) is 0.167. The number of carboxylic acids is 1. The number of benzene rings is 3. The predicted molar refractivity (Wildman–Crippen MR) is 118 cm³/mol. The van der Waals surface area contributed by atoms with Crippen LogP contribution in [0.5, 0.6) is 5.75 Å². The Morgan fingerprint density at radius 1 is 0.968 bits per heavy atom. The zero-order valence-corrected chi connectivity index (χ0v) is 16.7. The molecule has 0 aliphatic heterocycles. The summed E-state index contributed by atoms with van der Waals surface area (Å²) >= 11 is 0. The van der Waals surface area contributed by atoms with Gasteiger partial charge in [0.2, 0.25) is 5.91 Å². The number of carbonyl (C=O) groups is 2. The molecule has 3 aromatic carbocycles. The summed E-state index contributed by atoms with van der Waals surface area (Å²) in [7, 11) is 0. The molecular weight excluding hydrogens is 394 g/mol. The van der Waals surface area contributed by atoms with Crippen molar-refractivity contribution in [2.45, 2.75) is 18.5 Å². The number of anilines is 1. The Bertz CT molecular complexity index is 1130. The first kappa shape index (κ1) is 20.6. The molecule has 1 aliphatic rings. The maximum absolute atomic E-state index is 12.6. The minimum atomic E-state index is -0.935. The number of carbonyl (C=O) groups excluding carboxylic acids is 1. The van der Waals surface area contributed by atoms with Crippen LogP contribution in [0.25, 0.3) is 11.1 Å². The number of phenolic OH excluding ortho intramolecular Hbond substituents is 1. The number of nitrogens with one attached hydrogen (secondary N) is 2. The van der Waals surface area contributed by atoms with Crippen molar-refractivity contribution in [2.75, 3.05) is 11.9 Å². The van der Waals surface area contributed by atoms with Crippen LogP contribution in [0.4, 0.5) is 5.69 Å². The van der Waals surface area contributed by atoms with Crippen LogP contribution in [0.2, 0.25) is 0 Å². The van der Waals surface area contributed by atoms with Gasteiger partial charge in [0.05, 0.1) is 18.6 Å². The molecular formula is C24H23N3O4. The molecule has 0 spiro atoms. The summed E-state index contributed by atoms with van der Waals surface area (Å²) in [5, 5.41) is 24.4. The first-order chi connectivity index (χ1) is 14.9. The molecule has 4 rings (SSSR count). The highest BCUT2D eigenvalue weighted by molar-refractivity contribution is 5.95. The van der Waals surface area contributed by atoms with Crippen molar-refractivity contribution >= 4 is 17.6 Å². The number of rotatable bonds is 7. The molecule has 3 aromatic rings. The second-order valence-corrected chi connectivity index (χ2v) is 7.56. The Morgan fingerprint density at radius 3 is 2.42 bits per heavy atom. The fourth-order valence-electron chi connectivity index (χ4n) is 3.91. The van der Waals surface area contributed by atoms with Crippen LogP contribution in [0, 0.1) is 0 Å². The quantitative estimate of drug-likeness (QED) is 0.403. The number of hydrogen-bond acceptors (Lipinski definition) is 5. The molecule has 7 heteroatoms. The van der Waals surface area contributed by atoms with E-state index in [4.69, 9.17) is 10.8 Å². The molecule has 1 aliphatic carbocycles. The first-order valence-corrected chi connectivity index (χ1v) is 9.95. The van der Waals surface area contributed by atoms with E-state index in [-0.39, 0.29) is 24.2 Å². The highest BCUT2D eigenvalue weighted by Crippen LogP contribution is 2.44. The van der Waals surface area contributed by atoms with Crippen molar-refractivity contribution in [3.05, 3.63) is 83.4 Å². The van der Waals surface area contributed by atoms with Gasteiger partial charge < -0.3 is 21.3 Å². The molecule has 0 radical (unpaired) electrons. The van der Waals surface area contributed by atoms with Gasteiger partial charge in [-0.25, -0.2) is 0 Å². The topological polar surface area (TPSA) is 125 Å². The van der Waals surface area contributed by atoms with Gasteiger partial charge in [-0.2, -0.15) is 0 Å². The molecule has 158 valence electrons. The third-order valence-electron chi connectivity index (χ3n) is 5.38. The number of phenols is 1. The van der Waals surface area contributed by atoms with E-state index < -0.39 is 12.0 Å². The van der Waals surface area contributed by atoms with E-state index in [1.165, 1.54) is 0 Å². The van der Waals surface area contributed by atoms with Crippen LogP contribution in [0.15, 0.2) is 66.7 Å². The van der Waals surface area contributed by atoms with Crippen LogP contribution in [0.3, 0.4) is 0 Å². The summed E-state index contributed by atoms with van der Waals surface area (Å²) in [6.07, 6.45) is 0.339. The van der Waals surface area contributed by atoms with E-state index in [0.29, 0.717) is 12.1 Å². The summed E-state index contributed by atoms with van der Waals surface area (Å²) in [5.74, 6) is -1.10. The third-order valence-corrected chi connectivity index (χ3v) is 5.38. The number of aromatic hydroxyl groups is 1. The molecule has 0 aromatic heterocycles. The molecule has 0 heterocycles. The minimum Gasteiger partial charge on any atom is -0.508 e. The van der Waals surface area contributed by atoms with E-state index in [1.807, 2.05) is 42.5 Å². The van der Waals surface area contributed by atoms with E-state index in [1.54, 1.807) is 24.3 Å². The summed E-state index contributed by atoms with van der Waals surface area (Å²) in [5.41, 5.74) is 11.5. The number of hydrogen-bond donors (Lipinski definition) is 5. The maximum Gasteiger partial charge on any atom is 0.317 e. The average molecular weight is 417 g/mol.